The van der Waals surface area contributed by atoms with Crippen LogP contribution in [0.4, 0.5) is 0 Å². The number of hydrogen-bond acceptors (Lipinski definition) is 8. The monoisotopic (exact) mass is 1080 g/mol. The quantitative estimate of drug-likeness (QED) is 0.0770. The van der Waals surface area contributed by atoms with Gasteiger partial charge in [-0.05, 0) is 173 Å². The van der Waals surface area contributed by atoms with E-state index < -0.39 is 50.4 Å². The Hall–Kier alpha value is -0.0787. The largest absolute Gasteiger partial charge is 0.437 e. The van der Waals surface area contributed by atoms with Crippen molar-refractivity contribution >= 4 is 128 Å². The van der Waals surface area contributed by atoms with Crippen molar-refractivity contribution in [2.24, 2.45) is 0 Å². The van der Waals surface area contributed by atoms with E-state index in [0.717, 1.165) is 92.2 Å². The van der Waals surface area contributed by atoms with Gasteiger partial charge in [0.05, 0.1) is 39.9 Å². The summed E-state index contributed by atoms with van der Waals surface area (Å²) >= 11 is 10.5. The minimum absolute atomic E-state index is 0. The van der Waals surface area contributed by atoms with Crippen LogP contribution < -0.4 is 0 Å². The minimum Gasteiger partial charge on any atom is -0.437 e. The third-order valence-corrected chi connectivity index (χ3v) is 31.9. The fourth-order valence-corrected chi connectivity index (χ4v) is 36.3. The number of carbonyl (C=O) groups is 2. The zero-order valence-electron chi connectivity index (χ0n) is 37.7. The van der Waals surface area contributed by atoms with Crippen molar-refractivity contribution in [1.82, 2.24) is 9.80 Å². The first-order valence-corrected chi connectivity index (χ1v) is 42.9. The molecule has 0 atom stereocenters. The van der Waals surface area contributed by atoms with Gasteiger partial charge in [-0.2, -0.15) is 0 Å². The average molecular weight is 1080 g/mol. The number of amides is 2. The molecule has 2 aliphatic rings. The van der Waals surface area contributed by atoms with Crippen LogP contribution in [0.1, 0.15) is 68.5 Å². The fourth-order valence-electron chi connectivity index (χ4n) is 8.19. The molecule has 18 heteroatoms. The first-order valence-electron chi connectivity index (χ1n) is 21.0. The first kappa shape index (κ1) is 53.3. The SMILES string of the molecule is C.C[Si](C)(C)O[Si](C)(CCCCCCN1C(=O)C2=C(c3ccc(Br)s3)N(CCCCCC[Si](C)(O[Si](C)(C)C)O[Si](C)(C)C)C(=O)C2=C1c1ccc(Br)s1)O[Si](C)(C)C. The summed E-state index contributed by atoms with van der Waals surface area (Å²) in [6.45, 7) is 32.7. The molecule has 0 radical (unpaired) electrons. The number of nitrogens with zero attached hydrogens (tertiary/aromatic N) is 2. The lowest BCUT2D eigenvalue weighted by molar-refractivity contribution is -0.124. The average Bonchev–Trinajstić information content (AvgIpc) is 3.78. The van der Waals surface area contributed by atoms with E-state index in [1.54, 1.807) is 22.7 Å². The molecule has 4 heterocycles. The molecule has 2 aromatic rings. The van der Waals surface area contributed by atoms with Crippen molar-refractivity contribution in [2.45, 2.75) is 163 Å². The lowest BCUT2D eigenvalue weighted by atomic mass is 10.1. The Bertz CT molecular complexity index is 1660. The van der Waals surface area contributed by atoms with Gasteiger partial charge in [0.1, 0.15) is 0 Å². The second-order valence-electron chi connectivity index (χ2n) is 20.0. The molecule has 2 amide bonds. The Kier molecular flexibility index (Phi) is 19.2. The third-order valence-electron chi connectivity index (χ3n) is 9.41. The van der Waals surface area contributed by atoms with Crippen LogP contribution in [0.15, 0.2) is 43.0 Å². The molecule has 4 rings (SSSR count). The van der Waals surface area contributed by atoms with Gasteiger partial charge in [-0.1, -0.05) is 46.0 Å². The van der Waals surface area contributed by atoms with Gasteiger partial charge >= 0.3 is 17.1 Å². The number of rotatable bonds is 24. The van der Waals surface area contributed by atoms with Crippen LogP contribution in [0.2, 0.25) is 104 Å². The minimum atomic E-state index is -2.29. The van der Waals surface area contributed by atoms with E-state index in [1.807, 2.05) is 34.1 Å². The maximum Gasteiger partial charge on any atom is 0.314 e. The van der Waals surface area contributed by atoms with Crippen LogP contribution in [-0.2, 0) is 26.0 Å². The summed E-state index contributed by atoms with van der Waals surface area (Å²) in [5.74, 6) is -0.128. The summed E-state index contributed by atoms with van der Waals surface area (Å²) in [5, 5.41) is 0. The van der Waals surface area contributed by atoms with Crippen LogP contribution in [0, 0.1) is 0 Å². The van der Waals surface area contributed by atoms with Gasteiger partial charge in [0, 0.05) is 13.1 Å². The van der Waals surface area contributed by atoms with Crippen LogP contribution in [0.5, 0.6) is 0 Å². The molecule has 2 aliphatic heterocycles. The molecule has 0 fully saturated rings. The van der Waals surface area contributed by atoms with Crippen LogP contribution in [0.3, 0.4) is 0 Å². The lowest BCUT2D eigenvalue weighted by Gasteiger charge is -2.38. The molecule has 2 aromatic heterocycles. The molecule has 0 spiro atoms. The van der Waals surface area contributed by atoms with Crippen molar-refractivity contribution in [1.29, 1.82) is 0 Å². The maximum absolute atomic E-state index is 14.7. The summed E-state index contributed by atoms with van der Waals surface area (Å²) in [5.41, 5.74) is 2.64. The number of unbranched alkanes of at least 4 members (excludes halogenated alkanes) is 6. The Morgan fingerprint density at radius 2 is 0.763 bits per heavy atom. The highest BCUT2D eigenvalue weighted by atomic mass is 79.9. The number of hydrogen-bond donors (Lipinski definition) is 0. The number of thiophene rings is 2. The van der Waals surface area contributed by atoms with Gasteiger partial charge in [0.25, 0.3) is 11.8 Å². The van der Waals surface area contributed by atoms with E-state index in [2.05, 4.69) is 124 Å². The summed E-state index contributed by atoms with van der Waals surface area (Å²) < 4.78 is 28.9. The molecule has 0 aromatic carbocycles. The number of carbonyl (C=O) groups excluding carboxylic acids is 2. The highest BCUT2D eigenvalue weighted by molar-refractivity contribution is 9.11. The summed E-state index contributed by atoms with van der Waals surface area (Å²) in [7, 11) is -11.6. The van der Waals surface area contributed by atoms with Gasteiger partial charge in [-0.3, -0.25) is 9.59 Å². The predicted molar refractivity (Wildman–Crippen MR) is 276 cm³/mol. The zero-order chi connectivity index (χ0) is 43.5. The lowest BCUT2D eigenvalue weighted by Crippen LogP contribution is -2.52. The number of fused-ring (bicyclic) bond motifs is 1. The van der Waals surface area contributed by atoms with Gasteiger partial charge in [-0.15, -0.1) is 22.7 Å². The highest BCUT2D eigenvalue weighted by Crippen LogP contribution is 2.49. The van der Waals surface area contributed by atoms with Crippen LogP contribution in [0.25, 0.3) is 11.4 Å². The molecule has 59 heavy (non-hydrogen) atoms. The highest BCUT2D eigenvalue weighted by Gasteiger charge is 2.49. The topological polar surface area (TPSA) is 77.5 Å². The van der Waals surface area contributed by atoms with Crippen molar-refractivity contribution in [2.75, 3.05) is 13.1 Å². The summed E-state index contributed by atoms with van der Waals surface area (Å²) in [6.07, 6.45) is 7.89. The van der Waals surface area contributed by atoms with E-state index in [1.165, 1.54) is 0 Å². The Labute approximate surface area is 389 Å². The molecule has 0 unspecified atom stereocenters. The van der Waals surface area contributed by atoms with Crippen molar-refractivity contribution in [3.8, 4) is 0 Å². The summed E-state index contributed by atoms with van der Waals surface area (Å²) in [6, 6.07) is 10.1. The van der Waals surface area contributed by atoms with Crippen LogP contribution in [-0.4, -0.2) is 85.1 Å². The molecule has 0 bridgehead atoms. The normalized spacial score (nSPS) is 15.9. The van der Waals surface area contributed by atoms with Crippen molar-refractivity contribution in [3.05, 3.63) is 52.7 Å². The van der Waals surface area contributed by atoms with Crippen LogP contribution >= 0.6 is 54.5 Å². The Morgan fingerprint density at radius 3 is 1.02 bits per heavy atom. The predicted octanol–water partition coefficient (Wildman–Crippen LogP) is 14.4. The molecule has 334 valence electrons. The summed E-state index contributed by atoms with van der Waals surface area (Å²) in [4.78, 5) is 35.0. The molecule has 0 saturated carbocycles. The molecule has 8 nitrogen and oxygen atoms in total. The molecular weight excluding hydrogens is 1010 g/mol. The fraction of sp³-hybridized carbons (Fsp3) is 0.659. The van der Waals surface area contributed by atoms with E-state index in [0.29, 0.717) is 24.2 Å². The first-order chi connectivity index (χ1) is 26.6. The second kappa shape index (κ2) is 21.3. The smallest absolute Gasteiger partial charge is 0.314 e. The van der Waals surface area contributed by atoms with E-state index in [9.17, 15) is 9.59 Å². The third kappa shape index (κ3) is 16.1. The molecule has 0 N–H and O–H groups in total. The maximum atomic E-state index is 14.7. The van der Waals surface area contributed by atoms with Gasteiger partial charge < -0.3 is 26.3 Å². The van der Waals surface area contributed by atoms with Crippen molar-refractivity contribution < 1.29 is 26.0 Å². The van der Waals surface area contributed by atoms with Gasteiger partial charge in [0.15, 0.2) is 33.3 Å². The van der Waals surface area contributed by atoms with E-state index in [4.69, 9.17) is 16.5 Å². The zero-order valence-corrected chi connectivity index (χ0v) is 48.5. The van der Waals surface area contributed by atoms with Gasteiger partial charge in [0.2, 0.25) is 0 Å². The molecular formula is C41H74Br2N2O6S2Si6. The van der Waals surface area contributed by atoms with Gasteiger partial charge in [-0.25, -0.2) is 0 Å². The number of halogens is 2. The van der Waals surface area contributed by atoms with Crippen molar-refractivity contribution in [3.63, 3.8) is 0 Å². The van der Waals surface area contributed by atoms with E-state index >= 15 is 0 Å². The van der Waals surface area contributed by atoms with E-state index in [-0.39, 0.29) is 19.2 Å². The Balaban J connectivity index is 0.00000930. The standard InChI is InChI=1S/C40H70Br2N2O6S2Si6.CH4/c1-53(2,3)47-57(13,48-54(4,5)6)29-21-17-15-19-27-43-37(31-23-25-33(41)51-31)35-36(39(43)45)38(32-24-26-34(42)52-32)44(40(35)46)28-20-16-18-22-30-58(14,49-55(7,8)9)50-56(10,11)12;/h23-26H,15-22,27-30H2,1-14H3;1H4. The Morgan fingerprint density at radius 1 is 0.475 bits per heavy atom. The second-order valence-corrected chi connectivity index (χ2v) is 50.6. The molecule has 0 aliphatic carbocycles. The molecule has 0 saturated heterocycles.